The highest BCUT2D eigenvalue weighted by Gasteiger charge is 2.32. The van der Waals surface area contributed by atoms with Crippen molar-refractivity contribution in [3.63, 3.8) is 0 Å². The molecule has 0 unspecified atom stereocenters. The van der Waals surface area contributed by atoms with Gasteiger partial charge in [-0.15, -0.1) is 0 Å². The molecule has 0 aliphatic rings. The number of carbonyl (C=O) groups is 1. The molecule has 0 aliphatic heterocycles. The number of nitrogens with zero attached hydrogens (tertiary/aromatic N) is 1. The number of phenols is 1. The molecule has 2 atom stereocenters. The SMILES string of the molecule is COc1cc(O)c(C(=O)N[C@@H](Cc2ccccc2)[C@H](O)CN(CC(C)C)S(=O)(=O)c2ccc(N)cc2)cc1OC. The van der Waals surface area contributed by atoms with Gasteiger partial charge in [0.05, 0.1) is 36.8 Å². The fourth-order valence-electron chi connectivity index (χ4n) is 4.25. The van der Waals surface area contributed by atoms with Gasteiger partial charge in [0.25, 0.3) is 5.91 Å². The second-order valence-electron chi connectivity index (χ2n) is 9.85. The molecule has 3 aromatic rings. The second-order valence-corrected chi connectivity index (χ2v) is 11.8. The van der Waals surface area contributed by atoms with E-state index in [0.29, 0.717) is 5.69 Å². The molecular formula is C29H37N3O7S. The lowest BCUT2D eigenvalue weighted by atomic mass is 10.00. The maximum Gasteiger partial charge on any atom is 0.255 e. The van der Waals surface area contributed by atoms with E-state index >= 15 is 0 Å². The fourth-order valence-corrected chi connectivity index (χ4v) is 5.87. The number of amides is 1. The van der Waals surface area contributed by atoms with E-state index in [2.05, 4.69) is 5.32 Å². The van der Waals surface area contributed by atoms with Gasteiger partial charge >= 0.3 is 0 Å². The summed E-state index contributed by atoms with van der Waals surface area (Å²) in [5.41, 5.74) is 6.90. The smallest absolute Gasteiger partial charge is 0.255 e. The van der Waals surface area contributed by atoms with Crippen LogP contribution >= 0.6 is 0 Å². The van der Waals surface area contributed by atoms with Crippen molar-refractivity contribution in [3.05, 3.63) is 77.9 Å². The lowest BCUT2D eigenvalue weighted by molar-refractivity contribution is 0.0773. The Balaban J connectivity index is 1.93. The van der Waals surface area contributed by atoms with Crippen LogP contribution in [0.2, 0.25) is 0 Å². The summed E-state index contributed by atoms with van der Waals surface area (Å²) in [7, 11) is -1.17. The molecule has 0 saturated carbocycles. The van der Waals surface area contributed by atoms with Gasteiger partial charge in [0.1, 0.15) is 5.75 Å². The van der Waals surface area contributed by atoms with Crippen LogP contribution < -0.4 is 20.5 Å². The average Bonchev–Trinajstić information content (AvgIpc) is 2.92. The number of ether oxygens (including phenoxy) is 2. The van der Waals surface area contributed by atoms with Crippen LogP contribution in [-0.2, 0) is 16.4 Å². The zero-order valence-electron chi connectivity index (χ0n) is 23.1. The quantitative estimate of drug-likeness (QED) is 0.229. The van der Waals surface area contributed by atoms with Gasteiger partial charge in [-0.05, 0) is 42.2 Å². The zero-order chi connectivity index (χ0) is 29.4. The van der Waals surface area contributed by atoms with Crippen molar-refractivity contribution in [2.45, 2.75) is 37.3 Å². The first-order valence-electron chi connectivity index (χ1n) is 12.8. The third-order valence-electron chi connectivity index (χ3n) is 6.30. The molecule has 40 heavy (non-hydrogen) atoms. The van der Waals surface area contributed by atoms with Crippen molar-refractivity contribution in [2.24, 2.45) is 5.92 Å². The molecule has 0 fully saturated rings. The van der Waals surface area contributed by atoms with Crippen molar-refractivity contribution >= 4 is 21.6 Å². The largest absolute Gasteiger partial charge is 0.507 e. The summed E-state index contributed by atoms with van der Waals surface area (Å²) in [5, 5.41) is 24.7. The lowest BCUT2D eigenvalue weighted by Gasteiger charge is -2.31. The summed E-state index contributed by atoms with van der Waals surface area (Å²) in [5.74, 6) is -0.565. The van der Waals surface area contributed by atoms with Crippen LogP contribution in [0.25, 0.3) is 0 Å². The Kier molecular flexibility index (Phi) is 10.4. The van der Waals surface area contributed by atoms with Crippen molar-refractivity contribution in [2.75, 3.05) is 33.0 Å². The van der Waals surface area contributed by atoms with E-state index in [-0.39, 0.29) is 53.1 Å². The molecule has 0 heterocycles. The predicted molar refractivity (Wildman–Crippen MR) is 153 cm³/mol. The van der Waals surface area contributed by atoms with Gasteiger partial charge in [-0.3, -0.25) is 4.79 Å². The van der Waals surface area contributed by atoms with Crippen LogP contribution in [0.3, 0.4) is 0 Å². The number of nitrogens with two attached hydrogens (primary N) is 1. The Bertz CT molecular complexity index is 1380. The minimum absolute atomic E-state index is 0.0402. The predicted octanol–water partition coefficient (Wildman–Crippen LogP) is 3.04. The van der Waals surface area contributed by atoms with Crippen LogP contribution in [0.1, 0.15) is 29.8 Å². The van der Waals surface area contributed by atoms with Crippen LogP contribution in [0.15, 0.2) is 71.6 Å². The summed E-state index contributed by atoms with van der Waals surface area (Å²) < 4.78 is 38.7. The number of hydrogen-bond acceptors (Lipinski definition) is 8. The molecular weight excluding hydrogens is 534 g/mol. The highest BCUT2D eigenvalue weighted by atomic mass is 32.2. The van der Waals surface area contributed by atoms with E-state index in [4.69, 9.17) is 15.2 Å². The Morgan fingerprint density at radius 2 is 1.57 bits per heavy atom. The van der Waals surface area contributed by atoms with Gasteiger partial charge < -0.3 is 30.7 Å². The van der Waals surface area contributed by atoms with E-state index in [1.165, 1.54) is 54.9 Å². The molecule has 0 bridgehead atoms. The minimum atomic E-state index is -3.98. The number of sulfonamides is 1. The number of nitrogens with one attached hydrogen (secondary N) is 1. The first-order valence-corrected chi connectivity index (χ1v) is 14.2. The lowest BCUT2D eigenvalue weighted by Crippen LogP contribution is -2.51. The third-order valence-corrected chi connectivity index (χ3v) is 8.15. The number of rotatable bonds is 13. The van der Waals surface area contributed by atoms with Crippen LogP contribution in [0.4, 0.5) is 5.69 Å². The normalized spacial score (nSPS) is 13.2. The number of hydrogen-bond donors (Lipinski definition) is 4. The van der Waals surface area contributed by atoms with Crippen molar-refractivity contribution in [3.8, 4) is 17.2 Å². The average molecular weight is 572 g/mol. The molecule has 0 aromatic heterocycles. The minimum Gasteiger partial charge on any atom is -0.507 e. The Morgan fingerprint density at radius 1 is 0.975 bits per heavy atom. The standard InChI is InChI=1S/C29H37N3O7S/c1-19(2)17-32(40(36,37)22-12-10-21(30)11-13-22)18-26(34)24(14-20-8-6-5-7-9-20)31-29(35)23-15-27(38-3)28(39-4)16-25(23)33/h5-13,15-16,19,24,26,33-34H,14,17-18,30H2,1-4H3,(H,31,35)/t24-,26+/m0/s1. The van der Waals surface area contributed by atoms with Gasteiger partial charge in [-0.25, -0.2) is 8.42 Å². The van der Waals surface area contributed by atoms with Gasteiger partial charge in [0.2, 0.25) is 10.0 Å². The molecule has 216 valence electrons. The van der Waals surface area contributed by atoms with Crippen molar-refractivity contribution in [1.29, 1.82) is 0 Å². The van der Waals surface area contributed by atoms with E-state index < -0.39 is 28.1 Å². The second kappa shape index (κ2) is 13.5. The number of anilines is 1. The highest BCUT2D eigenvalue weighted by molar-refractivity contribution is 7.89. The number of nitrogen functional groups attached to an aromatic ring is 1. The van der Waals surface area contributed by atoms with E-state index in [9.17, 15) is 23.4 Å². The topological polar surface area (TPSA) is 151 Å². The molecule has 5 N–H and O–H groups in total. The number of carbonyl (C=O) groups excluding carboxylic acids is 1. The number of aliphatic hydroxyl groups is 1. The van der Waals surface area contributed by atoms with E-state index in [1.807, 2.05) is 44.2 Å². The van der Waals surface area contributed by atoms with Gasteiger partial charge in [0.15, 0.2) is 11.5 Å². The molecule has 0 radical (unpaired) electrons. The summed E-state index contributed by atoms with van der Waals surface area (Å²) in [4.78, 5) is 13.4. The Morgan fingerprint density at radius 3 is 2.15 bits per heavy atom. The Hall–Kier alpha value is -3.80. The molecule has 0 spiro atoms. The summed E-state index contributed by atoms with van der Waals surface area (Å²) >= 11 is 0. The number of benzene rings is 3. The number of aliphatic hydroxyl groups excluding tert-OH is 1. The number of aromatic hydroxyl groups is 1. The molecule has 11 heteroatoms. The maximum absolute atomic E-state index is 13.5. The van der Waals surface area contributed by atoms with Crippen LogP contribution in [-0.4, -0.2) is 68.3 Å². The fraction of sp³-hybridized carbons (Fsp3) is 0.345. The van der Waals surface area contributed by atoms with E-state index in [1.54, 1.807) is 0 Å². The van der Waals surface area contributed by atoms with E-state index in [0.717, 1.165) is 5.56 Å². The number of methoxy groups -OCH3 is 2. The summed E-state index contributed by atoms with van der Waals surface area (Å²) in [6, 6.07) is 16.8. The molecule has 10 nitrogen and oxygen atoms in total. The third kappa shape index (κ3) is 7.65. The van der Waals surface area contributed by atoms with Crippen molar-refractivity contribution < 1.29 is 32.9 Å². The van der Waals surface area contributed by atoms with Gasteiger partial charge in [0, 0.05) is 30.9 Å². The first kappa shape index (κ1) is 30.7. The van der Waals surface area contributed by atoms with Gasteiger partial charge in [-0.2, -0.15) is 4.31 Å². The maximum atomic E-state index is 13.5. The monoisotopic (exact) mass is 571 g/mol. The zero-order valence-corrected chi connectivity index (χ0v) is 23.9. The summed E-state index contributed by atoms with van der Waals surface area (Å²) in [6.45, 7) is 3.62. The Labute approximate surface area is 235 Å². The molecule has 3 aromatic carbocycles. The molecule has 0 aliphatic carbocycles. The van der Waals surface area contributed by atoms with Crippen LogP contribution in [0.5, 0.6) is 17.2 Å². The molecule has 3 rings (SSSR count). The number of phenolic OH excluding ortho intramolecular Hbond substituents is 1. The highest BCUT2D eigenvalue weighted by Crippen LogP contribution is 2.34. The van der Waals surface area contributed by atoms with Gasteiger partial charge in [-0.1, -0.05) is 44.2 Å². The summed E-state index contributed by atoms with van der Waals surface area (Å²) in [6.07, 6.45) is -1.09. The van der Waals surface area contributed by atoms with Crippen molar-refractivity contribution in [1.82, 2.24) is 9.62 Å². The first-order chi connectivity index (χ1) is 19.0. The van der Waals surface area contributed by atoms with Crippen LogP contribution in [0, 0.1) is 5.92 Å². The molecule has 0 saturated heterocycles. The molecule has 1 amide bonds.